The fourth-order valence-electron chi connectivity index (χ4n) is 3.72. The summed E-state index contributed by atoms with van der Waals surface area (Å²) in [5.74, 6) is 1.03. The molecule has 5 heteroatoms. The molecule has 26 heavy (non-hydrogen) atoms. The van der Waals surface area contributed by atoms with E-state index in [0.29, 0.717) is 6.54 Å². The number of nitrogens with zero attached hydrogens (tertiary/aromatic N) is 3. The van der Waals surface area contributed by atoms with Gasteiger partial charge in [-0.3, -0.25) is 0 Å². The zero-order chi connectivity index (χ0) is 18.5. The lowest BCUT2D eigenvalue weighted by molar-refractivity contribution is 0.153. The Morgan fingerprint density at radius 3 is 2.96 bits per heavy atom. The molecule has 0 bridgehead atoms. The smallest absolute Gasteiger partial charge is 0.133 e. The van der Waals surface area contributed by atoms with Crippen LogP contribution < -0.4 is 4.90 Å². The second kappa shape index (κ2) is 8.80. The van der Waals surface area contributed by atoms with Crippen LogP contribution in [-0.2, 0) is 11.3 Å². The van der Waals surface area contributed by atoms with Crippen LogP contribution in [0.15, 0.2) is 24.3 Å². The maximum Gasteiger partial charge on any atom is 0.133 e. The summed E-state index contributed by atoms with van der Waals surface area (Å²) in [6.45, 7) is 6.37. The third-order valence-corrected chi connectivity index (χ3v) is 5.05. The van der Waals surface area contributed by atoms with E-state index in [2.05, 4.69) is 48.0 Å². The Morgan fingerprint density at radius 1 is 1.35 bits per heavy atom. The molecule has 2 aromatic rings. The van der Waals surface area contributed by atoms with Crippen LogP contribution in [0.2, 0.25) is 0 Å². The maximum absolute atomic E-state index is 10.1. The van der Waals surface area contributed by atoms with Gasteiger partial charge in [0.25, 0.3) is 0 Å². The van der Waals surface area contributed by atoms with Crippen molar-refractivity contribution >= 4 is 16.7 Å². The monoisotopic (exact) mass is 357 g/mol. The number of hydrogen-bond donors (Lipinski definition) is 1. The predicted octanol–water partition coefficient (Wildman–Crippen LogP) is 2.97. The van der Waals surface area contributed by atoms with Crippen LogP contribution in [0.1, 0.15) is 30.4 Å². The van der Waals surface area contributed by atoms with E-state index in [4.69, 9.17) is 9.72 Å². The first kappa shape index (κ1) is 19.1. The third-order valence-electron chi connectivity index (χ3n) is 5.05. The number of ether oxygens (including phenoxy) is 1. The van der Waals surface area contributed by atoms with Crippen molar-refractivity contribution in [3.8, 4) is 0 Å². The SMILES string of the molecule is COCCCN(C)Cc1cc2cc(C)ccc2nc1N1CCCC(O)C1. The van der Waals surface area contributed by atoms with Gasteiger partial charge in [-0.1, -0.05) is 11.6 Å². The molecule has 0 spiro atoms. The molecular weight excluding hydrogens is 326 g/mol. The van der Waals surface area contributed by atoms with Crippen LogP contribution in [0.5, 0.6) is 0 Å². The van der Waals surface area contributed by atoms with Crippen molar-refractivity contribution in [2.45, 2.75) is 38.8 Å². The van der Waals surface area contributed by atoms with Crippen LogP contribution in [0, 0.1) is 6.92 Å². The molecule has 1 aliphatic rings. The van der Waals surface area contributed by atoms with Gasteiger partial charge in [-0.15, -0.1) is 0 Å². The Labute approximate surface area is 156 Å². The van der Waals surface area contributed by atoms with Gasteiger partial charge in [0.15, 0.2) is 0 Å². The molecule has 142 valence electrons. The maximum atomic E-state index is 10.1. The van der Waals surface area contributed by atoms with Crippen LogP contribution in [-0.4, -0.2) is 61.5 Å². The van der Waals surface area contributed by atoms with Gasteiger partial charge in [-0.05, 0) is 51.4 Å². The van der Waals surface area contributed by atoms with Crippen LogP contribution in [0.4, 0.5) is 5.82 Å². The van der Waals surface area contributed by atoms with Gasteiger partial charge < -0.3 is 19.6 Å². The zero-order valence-electron chi connectivity index (χ0n) is 16.2. The first-order chi connectivity index (χ1) is 12.6. The molecular formula is C21H31N3O2. The minimum Gasteiger partial charge on any atom is -0.391 e. The summed E-state index contributed by atoms with van der Waals surface area (Å²) in [5.41, 5.74) is 3.51. The number of aromatic nitrogens is 1. The second-order valence-electron chi connectivity index (χ2n) is 7.49. The Hall–Kier alpha value is -1.69. The molecule has 0 radical (unpaired) electrons. The van der Waals surface area contributed by atoms with E-state index in [0.717, 1.165) is 56.8 Å². The van der Waals surface area contributed by atoms with Crippen molar-refractivity contribution in [2.24, 2.45) is 0 Å². The standard InChI is InChI=1S/C21H31N3O2/c1-16-7-8-20-17(12-16)13-18(14-23(2)9-5-11-26-3)21(22-20)24-10-4-6-19(25)15-24/h7-8,12-13,19,25H,4-6,9-11,14-15H2,1-3H3. The average molecular weight is 357 g/mol. The minimum absolute atomic E-state index is 0.258. The fraction of sp³-hybridized carbons (Fsp3) is 0.571. The normalized spacial score (nSPS) is 18.0. The predicted molar refractivity (Wildman–Crippen MR) is 107 cm³/mol. The summed E-state index contributed by atoms with van der Waals surface area (Å²) in [5, 5.41) is 11.3. The Morgan fingerprint density at radius 2 is 2.19 bits per heavy atom. The van der Waals surface area contributed by atoms with Gasteiger partial charge >= 0.3 is 0 Å². The molecule has 3 rings (SSSR count). The number of piperidine rings is 1. The third kappa shape index (κ3) is 4.72. The van der Waals surface area contributed by atoms with E-state index in [1.807, 2.05) is 0 Å². The molecule has 0 aliphatic carbocycles. The number of anilines is 1. The summed E-state index contributed by atoms with van der Waals surface area (Å²) < 4.78 is 5.17. The lowest BCUT2D eigenvalue weighted by Gasteiger charge is -2.33. The van der Waals surface area contributed by atoms with Crippen molar-refractivity contribution in [2.75, 3.05) is 45.3 Å². The van der Waals surface area contributed by atoms with Gasteiger partial charge in [-0.2, -0.15) is 0 Å². The molecule has 1 unspecified atom stereocenters. The number of pyridine rings is 1. The number of aryl methyl sites for hydroxylation is 1. The summed E-state index contributed by atoms with van der Waals surface area (Å²) in [6.07, 6.45) is 2.66. The lowest BCUT2D eigenvalue weighted by Crippen LogP contribution is -2.39. The van der Waals surface area contributed by atoms with Gasteiger partial charge in [0.2, 0.25) is 0 Å². The van der Waals surface area contributed by atoms with E-state index in [-0.39, 0.29) is 6.10 Å². The van der Waals surface area contributed by atoms with E-state index < -0.39 is 0 Å². The average Bonchev–Trinajstić information content (AvgIpc) is 2.61. The summed E-state index contributed by atoms with van der Waals surface area (Å²) >= 11 is 0. The number of methoxy groups -OCH3 is 1. The molecule has 1 aromatic carbocycles. The highest BCUT2D eigenvalue weighted by Crippen LogP contribution is 2.28. The Bertz CT molecular complexity index is 735. The van der Waals surface area contributed by atoms with Crippen LogP contribution in [0.25, 0.3) is 10.9 Å². The highest BCUT2D eigenvalue weighted by Gasteiger charge is 2.22. The lowest BCUT2D eigenvalue weighted by atomic mass is 10.1. The number of aliphatic hydroxyl groups excluding tert-OH is 1. The highest BCUT2D eigenvalue weighted by molar-refractivity contribution is 5.82. The number of benzene rings is 1. The number of aliphatic hydroxyl groups is 1. The number of fused-ring (bicyclic) bond motifs is 1. The molecule has 1 saturated heterocycles. The molecule has 0 saturated carbocycles. The van der Waals surface area contributed by atoms with Crippen molar-refractivity contribution in [3.05, 3.63) is 35.4 Å². The minimum atomic E-state index is -0.258. The summed E-state index contributed by atoms with van der Waals surface area (Å²) in [7, 11) is 3.89. The first-order valence-electron chi connectivity index (χ1n) is 9.57. The van der Waals surface area contributed by atoms with Crippen molar-refractivity contribution in [1.29, 1.82) is 0 Å². The number of hydrogen-bond acceptors (Lipinski definition) is 5. The van der Waals surface area contributed by atoms with Crippen LogP contribution in [0.3, 0.4) is 0 Å². The fourth-order valence-corrected chi connectivity index (χ4v) is 3.72. The molecule has 5 nitrogen and oxygen atoms in total. The van der Waals surface area contributed by atoms with Crippen LogP contribution >= 0.6 is 0 Å². The second-order valence-corrected chi connectivity index (χ2v) is 7.49. The first-order valence-corrected chi connectivity index (χ1v) is 9.57. The molecule has 0 amide bonds. The Kier molecular flexibility index (Phi) is 6.46. The summed E-state index contributed by atoms with van der Waals surface area (Å²) in [4.78, 5) is 9.56. The van der Waals surface area contributed by atoms with Crippen molar-refractivity contribution in [3.63, 3.8) is 0 Å². The molecule has 1 fully saturated rings. The van der Waals surface area contributed by atoms with Crippen molar-refractivity contribution < 1.29 is 9.84 Å². The van der Waals surface area contributed by atoms with Gasteiger partial charge in [0, 0.05) is 50.8 Å². The zero-order valence-corrected chi connectivity index (χ0v) is 16.2. The largest absolute Gasteiger partial charge is 0.391 e. The van der Waals surface area contributed by atoms with Gasteiger partial charge in [0.1, 0.15) is 5.82 Å². The van der Waals surface area contributed by atoms with Gasteiger partial charge in [-0.25, -0.2) is 4.98 Å². The van der Waals surface area contributed by atoms with E-state index in [1.54, 1.807) is 7.11 Å². The van der Waals surface area contributed by atoms with Crippen molar-refractivity contribution in [1.82, 2.24) is 9.88 Å². The van der Waals surface area contributed by atoms with E-state index in [9.17, 15) is 5.11 Å². The highest BCUT2D eigenvalue weighted by atomic mass is 16.5. The summed E-state index contributed by atoms with van der Waals surface area (Å²) in [6, 6.07) is 8.69. The molecule has 1 aromatic heterocycles. The topological polar surface area (TPSA) is 48.8 Å². The molecule has 2 heterocycles. The Balaban J connectivity index is 1.90. The number of rotatable bonds is 7. The quantitative estimate of drug-likeness (QED) is 0.772. The molecule has 1 aliphatic heterocycles. The van der Waals surface area contributed by atoms with E-state index >= 15 is 0 Å². The molecule has 1 atom stereocenters. The van der Waals surface area contributed by atoms with Gasteiger partial charge in [0.05, 0.1) is 11.6 Å². The number of β-amino-alcohol motifs (C(OH)–C–C–N with tert-alkyl or cyclic N) is 1. The molecule has 1 N–H and O–H groups in total. The van der Waals surface area contributed by atoms with E-state index in [1.165, 1.54) is 16.5 Å².